The van der Waals surface area contributed by atoms with Crippen LogP contribution >= 0.6 is 0 Å². The summed E-state index contributed by atoms with van der Waals surface area (Å²) in [5, 5.41) is 0. The van der Waals surface area contributed by atoms with Crippen molar-refractivity contribution in [3.8, 4) is 0 Å². The maximum atomic E-state index is 12.2. The number of carbonyl (C=O) groups excluding carboxylic acids is 1. The van der Waals surface area contributed by atoms with Crippen LogP contribution in [0.4, 0.5) is 11.5 Å². The molecule has 0 atom stereocenters. The lowest BCUT2D eigenvalue weighted by atomic mass is 9.67. The summed E-state index contributed by atoms with van der Waals surface area (Å²) in [7, 11) is 0. The van der Waals surface area contributed by atoms with Crippen LogP contribution in [0.2, 0.25) is 0 Å². The highest BCUT2D eigenvalue weighted by molar-refractivity contribution is 5.93. The Kier molecular flexibility index (Phi) is 5.48. The van der Waals surface area contributed by atoms with Crippen molar-refractivity contribution < 1.29 is 4.79 Å². The average Bonchev–Trinajstić information content (AvgIpc) is 2.89. The molecule has 1 spiro atoms. The second kappa shape index (κ2) is 8.66. The molecule has 2 aromatic carbocycles. The van der Waals surface area contributed by atoms with Gasteiger partial charge in [0.15, 0.2) is 0 Å². The van der Waals surface area contributed by atoms with Gasteiger partial charge in [0, 0.05) is 43.7 Å². The Bertz CT molecular complexity index is 1190. The number of likely N-dealkylation sites (tertiary alicyclic amines) is 1. The van der Waals surface area contributed by atoms with Crippen LogP contribution in [0, 0.1) is 0 Å². The number of benzene rings is 2. The van der Waals surface area contributed by atoms with Gasteiger partial charge in [0.25, 0.3) is 0 Å². The molecule has 3 aliphatic rings. The van der Waals surface area contributed by atoms with Gasteiger partial charge in [-0.25, -0.2) is 4.98 Å². The highest BCUT2D eigenvalue weighted by Gasteiger charge is 2.43. The minimum absolute atomic E-state index is 0.155. The van der Waals surface area contributed by atoms with E-state index < -0.39 is 0 Å². The molecule has 2 saturated heterocycles. The van der Waals surface area contributed by atoms with E-state index in [4.69, 9.17) is 4.98 Å². The number of piperidine rings is 2. The van der Waals surface area contributed by atoms with Crippen LogP contribution in [0.3, 0.4) is 0 Å². The fourth-order valence-corrected chi connectivity index (χ4v) is 6.46. The first kappa shape index (κ1) is 21.5. The molecule has 6 rings (SSSR count). The molecular weight excluding hydrogens is 422 g/mol. The van der Waals surface area contributed by atoms with Crippen LogP contribution in [0.15, 0.2) is 54.7 Å². The Hall–Kier alpha value is -2.99. The maximum absolute atomic E-state index is 12.2. The summed E-state index contributed by atoms with van der Waals surface area (Å²) in [5.41, 5.74) is 4.68. The SMILES string of the molecule is CC(=O)N1CCC2(CCN(C3CCN(c4cnc5ccccc5n4)CC3)CC2)c2ccccc21. The molecule has 0 saturated carbocycles. The highest BCUT2D eigenvalue weighted by Crippen LogP contribution is 2.47. The van der Waals surface area contributed by atoms with Crippen LogP contribution in [0.25, 0.3) is 11.0 Å². The van der Waals surface area contributed by atoms with Crippen molar-refractivity contribution in [2.45, 2.75) is 50.5 Å². The molecule has 0 aliphatic carbocycles. The van der Waals surface area contributed by atoms with E-state index >= 15 is 0 Å². The van der Waals surface area contributed by atoms with E-state index in [0.29, 0.717) is 6.04 Å². The quantitative estimate of drug-likeness (QED) is 0.574. The van der Waals surface area contributed by atoms with Crippen LogP contribution in [0.5, 0.6) is 0 Å². The van der Waals surface area contributed by atoms with Crippen LogP contribution in [-0.4, -0.2) is 59.5 Å². The Balaban J connectivity index is 1.10. The number of fused-ring (bicyclic) bond motifs is 3. The zero-order chi connectivity index (χ0) is 23.1. The first-order valence-electron chi connectivity index (χ1n) is 12.7. The fourth-order valence-electron chi connectivity index (χ4n) is 6.46. The number of rotatable bonds is 2. The van der Waals surface area contributed by atoms with Gasteiger partial charge in [-0.15, -0.1) is 0 Å². The molecule has 0 N–H and O–H groups in total. The standard InChI is InChI=1S/C28H33N5O/c1-21(34)33-19-14-28(23-6-2-5-9-26(23)33)12-17-31(18-13-28)22-10-15-32(16-11-22)27-20-29-24-7-3-4-8-25(24)30-27/h2-9,20,22H,10-19H2,1H3. The van der Waals surface area contributed by atoms with Crippen molar-refractivity contribution >= 4 is 28.4 Å². The summed E-state index contributed by atoms with van der Waals surface area (Å²) in [6.07, 6.45) is 7.74. The third-order valence-electron chi connectivity index (χ3n) is 8.46. The van der Waals surface area contributed by atoms with Gasteiger partial charge in [0.2, 0.25) is 5.91 Å². The van der Waals surface area contributed by atoms with Crippen molar-refractivity contribution in [2.24, 2.45) is 0 Å². The summed E-state index contributed by atoms with van der Waals surface area (Å²) in [5.74, 6) is 1.16. The maximum Gasteiger partial charge on any atom is 0.223 e. The zero-order valence-corrected chi connectivity index (χ0v) is 20.0. The van der Waals surface area contributed by atoms with E-state index in [0.717, 1.165) is 61.7 Å². The Morgan fingerprint density at radius 3 is 2.32 bits per heavy atom. The van der Waals surface area contributed by atoms with E-state index in [1.165, 1.54) is 31.2 Å². The van der Waals surface area contributed by atoms with Gasteiger partial charge in [-0.05, 0) is 69.0 Å². The van der Waals surface area contributed by atoms with Crippen molar-refractivity contribution in [2.75, 3.05) is 42.5 Å². The molecule has 0 radical (unpaired) electrons. The summed E-state index contributed by atoms with van der Waals surface area (Å²) in [4.78, 5) is 28.8. The van der Waals surface area contributed by atoms with Crippen molar-refractivity contribution in [1.29, 1.82) is 0 Å². The number of amides is 1. The number of anilines is 2. The number of hydrogen-bond donors (Lipinski definition) is 0. The van der Waals surface area contributed by atoms with Crippen LogP contribution in [0.1, 0.15) is 44.6 Å². The molecule has 0 unspecified atom stereocenters. The number of hydrogen-bond acceptors (Lipinski definition) is 5. The third-order valence-corrected chi connectivity index (χ3v) is 8.46. The van der Waals surface area contributed by atoms with Crippen molar-refractivity contribution in [3.05, 3.63) is 60.3 Å². The molecule has 1 aromatic heterocycles. The summed E-state index contributed by atoms with van der Waals surface area (Å²) < 4.78 is 0. The van der Waals surface area contributed by atoms with Gasteiger partial charge < -0.3 is 14.7 Å². The van der Waals surface area contributed by atoms with Gasteiger partial charge in [-0.3, -0.25) is 9.78 Å². The monoisotopic (exact) mass is 455 g/mol. The zero-order valence-electron chi connectivity index (χ0n) is 20.0. The van der Waals surface area contributed by atoms with E-state index in [1.807, 2.05) is 35.4 Å². The molecule has 3 aromatic rings. The molecule has 3 aliphatic heterocycles. The molecule has 176 valence electrons. The van der Waals surface area contributed by atoms with E-state index in [9.17, 15) is 4.79 Å². The largest absolute Gasteiger partial charge is 0.355 e. The second-order valence-corrected chi connectivity index (χ2v) is 10.2. The van der Waals surface area contributed by atoms with E-state index in [-0.39, 0.29) is 11.3 Å². The van der Waals surface area contributed by atoms with E-state index in [2.05, 4.69) is 39.0 Å². The number of aromatic nitrogens is 2. The molecule has 6 heteroatoms. The van der Waals surface area contributed by atoms with Gasteiger partial charge >= 0.3 is 0 Å². The smallest absolute Gasteiger partial charge is 0.223 e. The third kappa shape index (κ3) is 3.74. The van der Waals surface area contributed by atoms with Crippen molar-refractivity contribution in [3.63, 3.8) is 0 Å². The Labute approximate surface area is 201 Å². The van der Waals surface area contributed by atoms with Crippen LogP contribution < -0.4 is 9.80 Å². The number of carbonyl (C=O) groups is 1. The minimum Gasteiger partial charge on any atom is -0.355 e. The predicted octanol–water partition coefficient (Wildman–Crippen LogP) is 4.39. The van der Waals surface area contributed by atoms with Gasteiger partial charge in [-0.2, -0.15) is 0 Å². The van der Waals surface area contributed by atoms with E-state index in [1.54, 1.807) is 6.92 Å². The summed E-state index contributed by atoms with van der Waals surface area (Å²) in [6, 6.07) is 17.4. The Morgan fingerprint density at radius 2 is 1.56 bits per heavy atom. The molecule has 34 heavy (non-hydrogen) atoms. The lowest BCUT2D eigenvalue weighted by molar-refractivity contribution is -0.116. The molecular formula is C28H33N5O. The Morgan fingerprint density at radius 1 is 0.882 bits per heavy atom. The molecule has 1 amide bonds. The highest BCUT2D eigenvalue weighted by atomic mass is 16.2. The normalized spacial score (nSPS) is 21.1. The summed E-state index contributed by atoms with van der Waals surface area (Å²) >= 11 is 0. The molecule has 0 bridgehead atoms. The fraction of sp³-hybridized carbons (Fsp3) is 0.464. The molecule has 6 nitrogen and oxygen atoms in total. The predicted molar refractivity (Wildman–Crippen MR) is 136 cm³/mol. The van der Waals surface area contributed by atoms with Gasteiger partial charge in [0.05, 0.1) is 17.2 Å². The number of para-hydroxylation sites is 3. The lowest BCUT2D eigenvalue weighted by Crippen LogP contribution is -2.53. The lowest BCUT2D eigenvalue weighted by Gasteiger charge is -2.50. The first-order chi connectivity index (χ1) is 16.6. The minimum atomic E-state index is 0.155. The second-order valence-electron chi connectivity index (χ2n) is 10.2. The topological polar surface area (TPSA) is 52.6 Å². The average molecular weight is 456 g/mol. The number of nitrogens with zero attached hydrogens (tertiary/aromatic N) is 5. The molecule has 4 heterocycles. The first-order valence-corrected chi connectivity index (χ1v) is 12.7. The molecule has 2 fully saturated rings. The summed E-state index contributed by atoms with van der Waals surface area (Å²) in [6.45, 7) is 6.90. The van der Waals surface area contributed by atoms with Crippen LogP contribution in [-0.2, 0) is 10.2 Å². The van der Waals surface area contributed by atoms with Gasteiger partial charge in [0.1, 0.15) is 5.82 Å². The van der Waals surface area contributed by atoms with Crippen molar-refractivity contribution in [1.82, 2.24) is 14.9 Å². The van der Waals surface area contributed by atoms with Gasteiger partial charge in [-0.1, -0.05) is 30.3 Å².